The Hall–Kier alpha value is -1.55. The predicted molar refractivity (Wildman–Crippen MR) is 83.7 cm³/mol. The van der Waals surface area contributed by atoms with Gasteiger partial charge in [-0.3, -0.25) is 4.79 Å². The quantitative estimate of drug-likeness (QED) is 0.899. The van der Waals surface area contributed by atoms with Gasteiger partial charge in [0.2, 0.25) is 5.91 Å². The third-order valence-corrected chi connectivity index (χ3v) is 5.17. The number of aryl methyl sites for hydroxylation is 1. The van der Waals surface area contributed by atoms with Crippen molar-refractivity contribution in [1.29, 1.82) is 0 Å². The van der Waals surface area contributed by atoms with Crippen molar-refractivity contribution in [3.05, 3.63) is 23.3 Å². The van der Waals surface area contributed by atoms with Gasteiger partial charge in [0.15, 0.2) is 0 Å². The molecule has 4 heteroatoms. The first-order valence-electron chi connectivity index (χ1n) is 7.73. The Balaban J connectivity index is 1.71. The molecule has 4 nitrogen and oxygen atoms in total. The van der Waals surface area contributed by atoms with Crippen LogP contribution in [0.5, 0.6) is 5.75 Å². The molecule has 1 aromatic rings. The summed E-state index contributed by atoms with van der Waals surface area (Å²) in [5.41, 5.74) is 3.25. The minimum Gasteiger partial charge on any atom is -0.496 e. The molecule has 1 unspecified atom stereocenters. The molecule has 2 N–H and O–H groups in total. The van der Waals surface area contributed by atoms with Gasteiger partial charge in [-0.15, -0.1) is 0 Å². The molecule has 1 aliphatic heterocycles. The standard InChI is InChI=1S/C17H24N2O2/c1-11-4-5-14(12(2)15(11)21-3)19-16(20)13-10-17(13)6-8-18-9-7-17/h4-5,13,18H,6-10H2,1-3H3,(H,19,20). The highest BCUT2D eigenvalue weighted by molar-refractivity contribution is 5.96. The lowest BCUT2D eigenvalue weighted by Gasteiger charge is -2.23. The second kappa shape index (κ2) is 5.34. The van der Waals surface area contributed by atoms with E-state index < -0.39 is 0 Å². The van der Waals surface area contributed by atoms with E-state index in [4.69, 9.17) is 4.74 Å². The third-order valence-electron chi connectivity index (χ3n) is 5.17. The van der Waals surface area contributed by atoms with Gasteiger partial charge in [0.25, 0.3) is 0 Å². The van der Waals surface area contributed by atoms with E-state index in [1.807, 2.05) is 26.0 Å². The Kier molecular flexibility index (Phi) is 3.66. The highest BCUT2D eigenvalue weighted by atomic mass is 16.5. The number of anilines is 1. The molecule has 1 saturated heterocycles. The van der Waals surface area contributed by atoms with Crippen molar-refractivity contribution < 1.29 is 9.53 Å². The Labute approximate surface area is 126 Å². The SMILES string of the molecule is COc1c(C)ccc(NC(=O)C2CC23CCNCC3)c1C. The number of amides is 1. The topological polar surface area (TPSA) is 50.4 Å². The Morgan fingerprint density at radius 1 is 1.33 bits per heavy atom. The number of methoxy groups -OCH3 is 1. The number of benzene rings is 1. The number of piperidine rings is 1. The zero-order chi connectivity index (χ0) is 15.0. The van der Waals surface area contributed by atoms with Crippen LogP contribution in [0, 0.1) is 25.2 Å². The van der Waals surface area contributed by atoms with E-state index in [9.17, 15) is 4.79 Å². The fraction of sp³-hybridized carbons (Fsp3) is 0.588. The van der Waals surface area contributed by atoms with Crippen LogP contribution in [-0.2, 0) is 4.79 Å². The number of hydrogen-bond donors (Lipinski definition) is 2. The normalized spacial score (nSPS) is 22.9. The molecule has 114 valence electrons. The van der Waals surface area contributed by atoms with Crippen LogP contribution in [0.1, 0.15) is 30.4 Å². The number of carbonyl (C=O) groups is 1. The smallest absolute Gasteiger partial charge is 0.228 e. The molecule has 1 atom stereocenters. The van der Waals surface area contributed by atoms with Gasteiger partial charge in [0.1, 0.15) is 5.75 Å². The van der Waals surface area contributed by atoms with Gasteiger partial charge < -0.3 is 15.4 Å². The maximum Gasteiger partial charge on any atom is 0.228 e. The zero-order valence-corrected chi connectivity index (χ0v) is 13.1. The number of nitrogens with one attached hydrogen (secondary N) is 2. The molecule has 0 radical (unpaired) electrons. The van der Waals surface area contributed by atoms with Gasteiger partial charge in [0.05, 0.1) is 7.11 Å². The van der Waals surface area contributed by atoms with E-state index in [2.05, 4.69) is 10.6 Å². The van der Waals surface area contributed by atoms with E-state index >= 15 is 0 Å². The number of carbonyl (C=O) groups excluding carboxylic acids is 1. The summed E-state index contributed by atoms with van der Waals surface area (Å²) in [4.78, 5) is 12.5. The second-order valence-corrected chi connectivity index (χ2v) is 6.45. The lowest BCUT2D eigenvalue weighted by atomic mass is 9.91. The maximum atomic E-state index is 12.5. The van der Waals surface area contributed by atoms with Crippen LogP contribution in [0.4, 0.5) is 5.69 Å². The van der Waals surface area contributed by atoms with E-state index in [-0.39, 0.29) is 17.2 Å². The first kappa shape index (κ1) is 14.4. The molecule has 1 heterocycles. The summed E-state index contributed by atoms with van der Waals surface area (Å²) in [7, 11) is 1.67. The van der Waals surface area contributed by atoms with Gasteiger partial charge in [0, 0.05) is 17.2 Å². The van der Waals surface area contributed by atoms with Crippen molar-refractivity contribution in [3.63, 3.8) is 0 Å². The van der Waals surface area contributed by atoms with Crippen LogP contribution in [0.2, 0.25) is 0 Å². The van der Waals surface area contributed by atoms with E-state index in [0.717, 1.165) is 54.9 Å². The van der Waals surface area contributed by atoms with Crippen LogP contribution in [0.25, 0.3) is 0 Å². The summed E-state index contributed by atoms with van der Waals surface area (Å²) in [6, 6.07) is 3.97. The summed E-state index contributed by atoms with van der Waals surface area (Å²) in [5, 5.41) is 6.48. The highest BCUT2D eigenvalue weighted by Gasteiger charge is 2.57. The highest BCUT2D eigenvalue weighted by Crippen LogP contribution is 2.58. The van der Waals surface area contributed by atoms with Crippen LogP contribution >= 0.6 is 0 Å². The summed E-state index contributed by atoms with van der Waals surface area (Å²) in [5.74, 6) is 1.22. The summed E-state index contributed by atoms with van der Waals surface area (Å²) in [6.07, 6.45) is 3.30. The molecule has 1 spiro atoms. The van der Waals surface area contributed by atoms with Crippen molar-refractivity contribution in [1.82, 2.24) is 5.32 Å². The molecule has 3 rings (SSSR count). The maximum absolute atomic E-state index is 12.5. The molecule has 21 heavy (non-hydrogen) atoms. The van der Waals surface area contributed by atoms with Crippen molar-refractivity contribution >= 4 is 11.6 Å². The van der Waals surface area contributed by atoms with E-state index in [1.165, 1.54) is 0 Å². The largest absolute Gasteiger partial charge is 0.496 e. The van der Waals surface area contributed by atoms with Gasteiger partial charge in [-0.25, -0.2) is 0 Å². The van der Waals surface area contributed by atoms with E-state index in [1.54, 1.807) is 7.11 Å². The van der Waals surface area contributed by atoms with Gasteiger partial charge >= 0.3 is 0 Å². The molecular weight excluding hydrogens is 264 g/mol. The molecular formula is C17H24N2O2. The van der Waals surface area contributed by atoms with Gasteiger partial charge in [-0.05, 0) is 63.2 Å². The summed E-state index contributed by atoms with van der Waals surface area (Å²) in [6.45, 7) is 6.10. The van der Waals surface area contributed by atoms with Crippen molar-refractivity contribution in [2.75, 3.05) is 25.5 Å². The first-order valence-corrected chi connectivity index (χ1v) is 7.73. The molecule has 1 aromatic carbocycles. The fourth-order valence-corrected chi connectivity index (χ4v) is 3.69. The molecule has 2 fully saturated rings. The predicted octanol–water partition coefficient (Wildman–Crippen LogP) is 2.64. The molecule has 0 aromatic heterocycles. The second-order valence-electron chi connectivity index (χ2n) is 6.45. The zero-order valence-electron chi connectivity index (χ0n) is 13.1. The monoisotopic (exact) mass is 288 g/mol. The molecule has 1 saturated carbocycles. The minimum atomic E-state index is 0.172. The number of hydrogen-bond acceptors (Lipinski definition) is 3. The summed E-state index contributed by atoms with van der Waals surface area (Å²) >= 11 is 0. The van der Waals surface area contributed by atoms with Crippen LogP contribution in [0.15, 0.2) is 12.1 Å². The lowest BCUT2D eigenvalue weighted by molar-refractivity contribution is -0.118. The van der Waals surface area contributed by atoms with Gasteiger partial charge in [-0.2, -0.15) is 0 Å². The average Bonchev–Trinajstić information content (AvgIpc) is 3.17. The number of rotatable bonds is 3. The number of ether oxygens (including phenoxy) is 1. The minimum absolute atomic E-state index is 0.172. The lowest BCUT2D eigenvalue weighted by Crippen LogP contribution is -2.31. The van der Waals surface area contributed by atoms with Crippen molar-refractivity contribution in [3.8, 4) is 5.75 Å². The van der Waals surface area contributed by atoms with Crippen LogP contribution in [0.3, 0.4) is 0 Å². The molecule has 1 aliphatic carbocycles. The Bertz CT molecular complexity index is 562. The van der Waals surface area contributed by atoms with Crippen molar-refractivity contribution in [2.45, 2.75) is 33.1 Å². The first-order chi connectivity index (χ1) is 10.1. The Morgan fingerprint density at radius 3 is 2.71 bits per heavy atom. The van der Waals surface area contributed by atoms with E-state index in [0.29, 0.717) is 0 Å². The average molecular weight is 288 g/mol. The van der Waals surface area contributed by atoms with Gasteiger partial charge in [-0.1, -0.05) is 6.07 Å². The van der Waals surface area contributed by atoms with Crippen LogP contribution < -0.4 is 15.4 Å². The van der Waals surface area contributed by atoms with Crippen molar-refractivity contribution in [2.24, 2.45) is 11.3 Å². The fourth-order valence-electron chi connectivity index (χ4n) is 3.69. The summed E-state index contributed by atoms with van der Waals surface area (Å²) < 4.78 is 5.42. The molecule has 0 bridgehead atoms. The molecule has 2 aliphatic rings. The molecule has 1 amide bonds. The Morgan fingerprint density at radius 2 is 2.05 bits per heavy atom. The third kappa shape index (κ3) is 2.53. The van der Waals surface area contributed by atoms with Crippen LogP contribution in [-0.4, -0.2) is 26.1 Å².